The van der Waals surface area contributed by atoms with E-state index in [1.807, 2.05) is 0 Å². The largest absolute Gasteiger partial charge is 0.493 e. The number of nitro benzene ring substituents is 1. The van der Waals surface area contributed by atoms with Crippen LogP contribution in [0.1, 0.15) is 10.4 Å². The molecule has 0 spiro atoms. The minimum absolute atomic E-state index is 0.00920. The van der Waals surface area contributed by atoms with Gasteiger partial charge in [0, 0.05) is 11.1 Å². The fourth-order valence-corrected chi connectivity index (χ4v) is 3.17. The van der Waals surface area contributed by atoms with Crippen molar-refractivity contribution in [1.82, 2.24) is 0 Å². The predicted octanol–water partition coefficient (Wildman–Crippen LogP) is 4.96. The van der Waals surface area contributed by atoms with Crippen molar-refractivity contribution in [2.45, 2.75) is 6.61 Å². The van der Waals surface area contributed by atoms with E-state index in [4.69, 9.17) is 44.3 Å². The van der Waals surface area contributed by atoms with Crippen LogP contribution in [0.15, 0.2) is 24.3 Å². The Morgan fingerprint density at radius 1 is 1.13 bits per heavy atom. The number of carbonyl (C=O) groups excluding carboxylic acids is 2. The minimum Gasteiger partial charge on any atom is -0.493 e. The number of nitrogens with one attached hydrogen (secondary N) is 1. The molecule has 0 aromatic heterocycles. The first-order valence-corrected chi connectivity index (χ1v) is 9.09. The van der Waals surface area contributed by atoms with E-state index in [1.54, 1.807) is 0 Å². The molecule has 1 N–H and O–H groups in total. The topological polar surface area (TPSA) is 117 Å². The number of ether oxygens (including phenoxy) is 3. The Kier molecular flexibility index (Phi) is 8.20. The van der Waals surface area contributed by atoms with Crippen LogP contribution in [0.2, 0.25) is 15.1 Å². The quantitative estimate of drug-likeness (QED) is 0.310. The van der Waals surface area contributed by atoms with Crippen LogP contribution < -0.4 is 14.8 Å². The average Bonchev–Trinajstić information content (AvgIpc) is 2.68. The first kappa shape index (κ1) is 24.4. The van der Waals surface area contributed by atoms with E-state index < -0.39 is 47.0 Å². The Bertz CT molecular complexity index is 1010. The number of nitro groups is 1. The van der Waals surface area contributed by atoms with Crippen molar-refractivity contribution in [3.8, 4) is 11.5 Å². The summed E-state index contributed by atoms with van der Waals surface area (Å²) in [6.07, 6.45) is 0. The Morgan fingerprint density at radius 3 is 2.26 bits per heavy atom. The third-order valence-electron chi connectivity index (χ3n) is 3.52. The number of rotatable bonds is 8. The Morgan fingerprint density at radius 2 is 1.74 bits per heavy atom. The molecular weight excluding hydrogens is 489 g/mol. The highest BCUT2D eigenvalue weighted by molar-refractivity contribution is 6.42. The molecule has 31 heavy (non-hydrogen) atoms. The number of esters is 1. The van der Waals surface area contributed by atoms with E-state index in [1.165, 1.54) is 12.1 Å². The highest BCUT2D eigenvalue weighted by atomic mass is 35.5. The van der Waals surface area contributed by atoms with Gasteiger partial charge in [-0.1, -0.05) is 34.8 Å². The monoisotopic (exact) mass is 498 g/mol. The first-order valence-electron chi connectivity index (χ1n) is 7.96. The number of anilines is 1. The third-order valence-corrected chi connectivity index (χ3v) is 4.33. The zero-order valence-electron chi connectivity index (χ0n) is 15.3. The van der Waals surface area contributed by atoms with Crippen LogP contribution in [-0.2, 0) is 9.53 Å². The fraction of sp³-hybridized carbons (Fsp3) is 0.176. The van der Waals surface area contributed by atoms with Crippen molar-refractivity contribution in [3.63, 3.8) is 0 Å². The van der Waals surface area contributed by atoms with E-state index in [-0.39, 0.29) is 26.5 Å². The summed E-state index contributed by atoms with van der Waals surface area (Å²) >= 11 is 17.6. The van der Waals surface area contributed by atoms with E-state index in [2.05, 4.69) is 10.1 Å². The molecule has 14 heteroatoms. The first-order chi connectivity index (χ1) is 14.5. The molecular formula is C17H11Cl3F2N2O7. The minimum atomic E-state index is -3.29. The second-order valence-electron chi connectivity index (χ2n) is 5.52. The van der Waals surface area contributed by atoms with Gasteiger partial charge in [-0.05, 0) is 12.1 Å². The maximum absolute atomic E-state index is 12.5. The van der Waals surface area contributed by atoms with Crippen LogP contribution in [0.25, 0.3) is 0 Å². The fourth-order valence-electron chi connectivity index (χ4n) is 2.26. The standard InChI is InChI=1S/C17H11Cl3F2N2O7/c1-29-12-4-8(11(24(27)28)5-13(12)31-17(21)22)16(26)30-6-14(25)23-15-9(19)2-7(18)3-10(15)20/h2-5,17H,6H2,1H3,(H,23,25). The SMILES string of the molecule is COc1cc(C(=O)OCC(=O)Nc2c(Cl)cc(Cl)cc2Cl)c([N+](=O)[O-])cc1OC(F)F. The van der Waals surface area contributed by atoms with Gasteiger partial charge in [-0.15, -0.1) is 0 Å². The van der Waals surface area contributed by atoms with Crippen LogP contribution >= 0.6 is 34.8 Å². The van der Waals surface area contributed by atoms with E-state index in [0.29, 0.717) is 6.07 Å². The zero-order chi connectivity index (χ0) is 23.3. The van der Waals surface area contributed by atoms with Gasteiger partial charge in [0.05, 0.1) is 33.8 Å². The van der Waals surface area contributed by atoms with Crippen LogP contribution in [-0.4, -0.2) is 37.1 Å². The summed E-state index contributed by atoms with van der Waals surface area (Å²) in [6.45, 7) is -4.16. The summed E-state index contributed by atoms with van der Waals surface area (Å²) in [4.78, 5) is 34.6. The van der Waals surface area contributed by atoms with Crippen molar-refractivity contribution in [2.75, 3.05) is 19.0 Å². The third kappa shape index (κ3) is 6.29. The highest BCUT2D eigenvalue weighted by Gasteiger charge is 2.27. The molecule has 0 radical (unpaired) electrons. The number of hydrogen-bond donors (Lipinski definition) is 1. The summed E-state index contributed by atoms with van der Waals surface area (Å²) in [5.41, 5.74) is -1.54. The normalized spacial score (nSPS) is 10.5. The highest BCUT2D eigenvalue weighted by Crippen LogP contribution is 2.36. The molecule has 0 heterocycles. The number of hydrogen-bond acceptors (Lipinski definition) is 7. The molecule has 0 aliphatic rings. The van der Waals surface area contributed by atoms with Crippen molar-refractivity contribution < 1.29 is 37.5 Å². The van der Waals surface area contributed by atoms with Crippen molar-refractivity contribution in [1.29, 1.82) is 0 Å². The number of amides is 1. The molecule has 166 valence electrons. The molecule has 0 atom stereocenters. The predicted molar refractivity (Wildman–Crippen MR) is 107 cm³/mol. The van der Waals surface area contributed by atoms with Crippen molar-refractivity contribution in [3.05, 3.63) is 55.0 Å². The van der Waals surface area contributed by atoms with Gasteiger partial charge in [-0.2, -0.15) is 8.78 Å². The summed E-state index contributed by atoms with van der Waals surface area (Å²) in [6, 6.07) is 3.99. The van der Waals surface area contributed by atoms with Gasteiger partial charge in [0.15, 0.2) is 18.1 Å². The van der Waals surface area contributed by atoms with Crippen LogP contribution in [0.3, 0.4) is 0 Å². The second kappa shape index (κ2) is 10.4. The van der Waals surface area contributed by atoms with Gasteiger partial charge in [0.2, 0.25) is 0 Å². The van der Waals surface area contributed by atoms with E-state index in [0.717, 1.165) is 13.2 Å². The molecule has 1 amide bonds. The van der Waals surface area contributed by atoms with Gasteiger partial charge in [-0.3, -0.25) is 14.9 Å². The van der Waals surface area contributed by atoms with Gasteiger partial charge in [0.1, 0.15) is 5.56 Å². The number of nitrogens with zero attached hydrogens (tertiary/aromatic N) is 1. The lowest BCUT2D eigenvalue weighted by molar-refractivity contribution is -0.385. The van der Waals surface area contributed by atoms with Crippen LogP contribution in [0.5, 0.6) is 11.5 Å². The van der Waals surface area contributed by atoms with Crippen molar-refractivity contribution in [2.24, 2.45) is 0 Å². The maximum Gasteiger partial charge on any atom is 0.387 e. The molecule has 0 bridgehead atoms. The molecule has 2 rings (SSSR count). The summed E-state index contributed by atoms with van der Waals surface area (Å²) < 4.78 is 38.7. The number of benzene rings is 2. The Balaban J connectivity index is 2.19. The number of methoxy groups -OCH3 is 1. The second-order valence-corrected chi connectivity index (χ2v) is 6.78. The Labute approximate surface area is 187 Å². The maximum atomic E-state index is 12.5. The molecule has 9 nitrogen and oxygen atoms in total. The van der Waals surface area contributed by atoms with E-state index >= 15 is 0 Å². The van der Waals surface area contributed by atoms with Gasteiger partial charge in [0.25, 0.3) is 11.6 Å². The molecule has 0 unspecified atom stereocenters. The lowest BCUT2D eigenvalue weighted by Crippen LogP contribution is -2.21. The molecule has 0 fully saturated rings. The average molecular weight is 500 g/mol. The summed E-state index contributed by atoms with van der Waals surface area (Å²) in [7, 11) is 1.07. The Hall–Kier alpha value is -2.89. The smallest absolute Gasteiger partial charge is 0.387 e. The zero-order valence-corrected chi connectivity index (χ0v) is 17.6. The molecule has 0 saturated carbocycles. The number of alkyl halides is 2. The number of carbonyl (C=O) groups is 2. The van der Waals surface area contributed by atoms with E-state index in [9.17, 15) is 28.5 Å². The lowest BCUT2D eigenvalue weighted by atomic mass is 10.1. The van der Waals surface area contributed by atoms with Gasteiger partial charge in [-0.25, -0.2) is 4.79 Å². The molecule has 2 aromatic rings. The molecule has 0 saturated heterocycles. The molecule has 0 aliphatic heterocycles. The van der Waals surface area contributed by atoms with Gasteiger partial charge < -0.3 is 19.5 Å². The summed E-state index contributed by atoms with van der Waals surface area (Å²) in [5, 5.41) is 13.8. The van der Waals surface area contributed by atoms with Crippen LogP contribution in [0.4, 0.5) is 20.2 Å². The lowest BCUT2D eigenvalue weighted by Gasteiger charge is -2.12. The molecule has 2 aromatic carbocycles. The van der Waals surface area contributed by atoms with Crippen LogP contribution in [0, 0.1) is 10.1 Å². The van der Waals surface area contributed by atoms with Crippen molar-refractivity contribution >= 4 is 58.1 Å². The van der Waals surface area contributed by atoms with Gasteiger partial charge >= 0.3 is 12.6 Å². The summed E-state index contributed by atoms with van der Waals surface area (Å²) in [5.74, 6) is -3.21. The molecule has 0 aliphatic carbocycles. The number of halogens is 5.